The number of carbonyl (C=O) groups is 1. The third-order valence-electron chi connectivity index (χ3n) is 2.26. The molecular formula is C14H29NOS. The Balaban J connectivity index is 4.68. The van der Waals surface area contributed by atoms with E-state index in [2.05, 4.69) is 39.9 Å². The minimum absolute atomic E-state index is 0.0247. The molecule has 1 N–H and O–H groups in total. The van der Waals surface area contributed by atoms with Crippen LogP contribution in [0.4, 0.5) is 0 Å². The fourth-order valence-electron chi connectivity index (χ4n) is 1.52. The lowest BCUT2D eigenvalue weighted by Crippen LogP contribution is -2.52. The average Bonchev–Trinajstić information content (AvgIpc) is 2.07. The zero-order valence-electron chi connectivity index (χ0n) is 12.7. The molecule has 0 aromatic heterocycles. The van der Waals surface area contributed by atoms with Gasteiger partial charge < -0.3 is 5.32 Å². The van der Waals surface area contributed by atoms with Crippen molar-refractivity contribution in [3.05, 3.63) is 0 Å². The highest BCUT2D eigenvalue weighted by atomic mass is 32.2. The van der Waals surface area contributed by atoms with E-state index in [-0.39, 0.29) is 17.0 Å². The monoisotopic (exact) mass is 259 g/mol. The molecule has 0 aliphatic rings. The van der Waals surface area contributed by atoms with Gasteiger partial charge in [-0.15, -0.1) is 0 Å². The van der Waals surface area contributed by atoms with E-state index >= 15 is 0 Å². The van der Waals surface area contributed by atoms with Crippen LogP contribution in [0, 0.1) is 5.41 Å². The molecule has 0 rings (SSSR count). The topological polar surface area (TPSA) is 29.1 Å². The van der Waals surface area contributed by atoms with Gasteiger partial charge in [-0.05, 0) is 26.0 Å². The van der Waals surface area contributed by atoms with Crippen LogP contribution in [0.5, 0.6) is 0 Å². The molecule has 17 heavy (non-hydrogen) atoms. The predicted octanol–water partition coefficient (Wildman–Crippen LogP) is 3.50. The Kier molecular flexibility index (Phi) is 6.23. The highest BCUT2D eigenvalue weighted by Gasteiger charge is 2.31. The molecular weight excluding hydrogens is 230 g/mol. The molecule has 0 aromatic rings. The largest absolute Gasteiger partial charge is 0.302 e. The molecule has 0 saturated heterocycles. The molecule has 1 atom stereocenters. The minimum Gasteiger partial charge on any atom is -0.302 e. The van der Waals surface area contributed by atoms with Gasteiger partial charge in [-0.2, -0.15) is 11.8 Å². The number of rotatable bonds is 5. The number of nitrogens with one attached hydrogen (secondary N) is 1. The molecule has 0 aliphatic heterocycles. The van der Waals surface area contributed by atoms with Gasteiger partial charge in [0.1, 0.15) is 0 Å². The maximum atomic E-state index is 12.4. The maximum absolute atomic E-state index is 12.4. The van der Waals surface area contributed by atoms with Crippen LogP contribution in [0.3, 0.4) is 0 Å². The van der Waals surface area contributed by atoms with Crippen LogP contribution < -0.4 is 5.32 Å². The number of hydrogen-bond donors (Lipinski definition) is 1. The van der Waals surface area contributed by atoms with E-state index in [0.29, 0.717) is 11.0 Å². The lowest BCUT2D eigenvalue weighted by molar-refractivity contribution is -0.128. The number of ketones is 1. The van der Waals surface area contributed by atoms with Gasteiger partial charge in [0.25, 0.3) is 0 Å². The SMILES string of the molecule is CC(C)SCC(NC(C)(C)C)C(=O)C(C)(C)C. The van der Waals surface area contributed by atoms with Crippen molar-refractivity contribution in [1.29, 1.82) is 0 Å². The lowest BCUT2D eigenvalue weighted by atomic mass is 9.86. The molecule has 1 unspecified atom stereocenters. The number of carbonyl (C=O) groups excluding carboxylic acids is 1. The summed E-state index contributed by atoms with van der Waals surface area (Å²) < 4.78 is 0. The van der Waals surface area contributed by atoms with E-state index in [4.69, 9.17) is 0 Å². The summed E-state index contributed by atoms with van der Waals surface area (Å²) >= 11 is 1.84. The van der Waals surface area contributed by atoms with E-state index in [9.17, 15) is 4.79 Å². The Labute approximate surface area is 111 Å². The zero-order valence-corrected chi connectivity index (χ0v) is 13.5. The van der Waals surface area contributed by atoms with Crippen molar-refractivity contribution < 1.29 is 4.79 Å². The van der Waals surface area contributed by atoms with Crippen molar-refractivity contribution in [2.45, 2.75) is 72.2 Å². The van der Waals surface area contributed by atoms with Gasteiger partial charge in [0.15, 0.2) is 5.78 Å². The van der Waals surface area contributed by atoms with E-state index in [1.807, 2.05) is 32.5 Å². The summed E-state index contributed by atoms with van der Waals surface area (Å²) in [7, 11) is 0. The van der Waals surface area contributed by atoms with Crippen LogP contribution in [0.25, 0.3) is 0 Å². The van der Waals surface area contributed by atoms with Crippen LogP contribution in [0.15, 0.2) is 0 Å². The van der Waals surface area contributed by atoms with E-state index in [1.54, 1.807) is 0 Å². The molecule has 0 saturated carbocycles. The summed E-state index contributed by atoms with van der Waals surface area (Å²) in [4.78, 5) is 12.4. The fourth-order valence-corrected chi connectivity index (χ4v) is 2.33. The van der Waals surface area contributed by atoms with Crippen molar-refractivity contribution >= 4 is 17.5 Å². The molecule has 102 valence electrons. The summed E-state index contributed by atoms with van der Waals surface area (Å²) in [6.45, 7) is 16.6. The second kappa shape index (κ2) is 6.24. The Bertz CT molecular complexity index is 248. The number of Topliss-reactive ketones (excluding diaryl/α,β-unsaturated/α-hetero) is 1. The van der Waals surface area contributed by atoms with Gasteiger partial charge in [-0.3, -0.25) is 4.79 Å². The second-order valence-electron chi connectivity index (χ2n) is 6.94. The Morgan fingerprint density at radius 1 is 1.12 bits per heavy atom. The lowest BCUT2D eigenvalue weighted by Gasteiger charge is -2.32. The van der Waals surface area contributed by atoms with Gasteiger partial charge in [-0.1, -0.05) is 34.6 Å². The van der Waals surface area contributed by atoms with Crippen molar-refractivity contribution in [2.24, 2.45) is 5.41 Å². The van der Waals surface area contributed by atoms with Crippen LogP contribution >= 0.6 is 11.8 Å². The molecule has 0 fully saturated rings. The smallest absolute Gasteiger partial charge is 0.155 e. The van der Waals surface area contributed by atoms with Gasteiger partial charge in [0.05, 0.1) is 6.04 Å². The van der Waals surface area contributed by atoms with E-state index in [0.717, 1.165) is 5.75 Å². The molecule has 0 aliphatic carbocycles. The molecule has 0 amide bonds. The average molecular weight is 259 g/mol. The Morgan fingerprint density at radius 2 is 1.59 bits per heavy atom. The summed E-state index contributed by atoms with van der Waals surface area (Å²) in [5, 5.41) is 4.01. The number of thioether (sulfide) groups is 1. The first kappa shape index (κ1) is 17.0. The summed E-state index contributed by atoms with van der Waals surface area (Å²) in [5.41, 5.74) is -0.302. The maximum Gasteiger partial charge on any atom is 0.155 e. The first-order valence-electron chi connectivity index (χ1n) is 6.37. The van der Waals surface area contributed by atoms with E-state index < -0.39 is 0 Å². The summed E-state index contributed by atoms with van der Waals surface area (Å²) in [5.74, 6) is 1.16. The molecule has 2 nitrogen and oxygen atoms in total. The first-order valence-corrected chi connectivity index (χ1v) is 7.42. The van der Waals surface area contributed by atoms with Gasteiger partial charge in [0, 0.05) is 16.7 Å². The van der Waals surface area contributed by atoms with Gasteiger partial charge in [-0.25, -0.2) is 0 Å². The molecule has 0 aromatic carbocycles. The van der Waals surface area contributed by atoms with Crippen molar-refractivity contribution in [1.82, 2.24) is 5.32 Å². The normalized spacial score (nSPS) is 15.1. The summed E-state index contributed by atoms with van der Waals surface area (Å²) in [6.07, 6.45) is 0. The highest BCUT2D eigenvalue weighted by Crippen LogP contribution is 2.21. The molecule has 3 heteroatoms. The molecule has 0 heterocycles. The van der Waals surface area contributed by atoms with Gasteiger partial charge in [0.2, 0.25) is 0 Å². The third kappa shape index (κ3) is 7.82. The van der Waals surface area contributed by atoms with Crippen LogP contribution in [0.1, 0.15) is 55.4 Å². The second-order valence-corrected chi connectivity index (χ2v) is 8.55. The van der Waals surface area contributed by atoms with Crippen LogP contribution in [0.2, 0.25) is 0 Å². The van der Waals surface area contributed by atoms with Crippen LogP contribution in [-0.2, 0) is 4.79 Å². The van der Waals surface area contributed by atoms with Crippen molar-refractivity contribution in [3.63, 3.8) is 0 Å². The fraction of sp³-hybridized carbons (Fsp3) is 0.929. The van der Waals surface area contributed by atoms with E-state index in [1.165, 1.54) is 0 Å². The molecule has 0 spiro atoms. The quantitative estimate of drug-likeness (QED) is 0.819. The third-order valence-corrected chi connectivity index (χ3v) is 3.45. The summed E-state index contributed by atoms with van der Waals surface area (Å²) in [6, 6.07) is -0.0533. The molecule has 0 bridgehead atoms. The standard InChI is InChI=1S/C14H29NOS/c1-10(2)17-9-11(15-14(6,7)8)12(16)13(3,4)5/h10-11,15H,9H2,1-8H3. The van der Waals surface area contributed by atoms with Crippen molar-refractivity contribution in [3.8, 4) is 0 Å². The first-order chi connectivity index (χ1) is 7.43. The van der Waals surface area contributed by atoms with Gasteiger partial charge >= 0.3 is 0 Å². The highest BCUT2D eigenvalue weighted by molar-refractivity contribution is 7.99. The number of hydrogen-bond acceptors (Lipinski definition) is 3. The van der Waals surface area contributed by atoms with Crippen LogP contribution in [-0.4, -0.2) is 28.4 Å². The Hall–Kier alpha value is -0.0200. The Morgan fingerprint density at radius 3 is 1.88 bits per heavy atom. The zero-order chi connectivity index (χ0) is 13.9. The predicted molar refractivity (Wildman–Crippen MR) is 78.7 cm³/mol. The molecule has 0 radical (unpaired) electrons. The van der Waals surface area contributed by atoms with Crippen molar-refractivity contribution in [2.75, 3.05) is 5.75 Å². The minimum atomic E-state index is -0.277.